The van der Waals surface area contributed by atoms with Crippen LogP contribution in [0.1, 0.15) is 31.0 Å². The monoisotopic (exact) mass is 425 g/mol. The van der Waals surface area contributed by atoms with Crippen molar-refractivity contribution in [1.82, 2.24) is 4.98 Å². The van der Waals surface area contributed by atoms with Crippen LogP contribution in [-0.4, -0.2) is 27.1 Å². The molecule has 1 aromatic heterocycles. The molecule has 158 valence electrons. The minimum absolute atomic E-state index is 0.0636. The number of sulfonamides is 1. The molecule has 0 saturated carbocycles. The quantitative estimate of drug-likeness (QED) is 0.562. The van der Waals surface area contributed by atoms with Crippen molar-refractivity contribution >= 4 is 21.5 Å². The first kappa shape index (κ1) is 21.6. The van der Waals surface area contributed by atoms with Crippen LogP contribution < -0.4 is 14.4 Å². The number of nitrogens with one attached hydrogen (secondary N) is 1. The van der Waals surface area contributed by atoms with Crippen LogP contribution >= 0.6 is 0 Å². The minimum atomic E-state index is -3.69. The van der Waals surface area contributed by atoms with Crippen molar-refractivity contribution in [2.24, 2.45) is 0 Å². The van der Waals surface area contributed by atoms with E-state index in [0.29, 0.717) is 18.1 Å². The average Bonchev–Trinajstić information content (AvgIpc) is 2.75. The Morgan fingerprint density at radius 1 is 1.10 bits per heavy atom. The van der Waals surface area contributed by atoms with Gasteiger partial charge in [-0.25, -0.2) is 13.4 Å². The number of rotatable bonds is 8. The number of ether oxygens (including phenoxy) is 1. The predicted octanol–water partition coefficient (Wildman–Crippen LogP) is 4.79. The molecule has 1 unspecified atom stereocenters. The molecule has 1 heterocycles. The number of nitrogens with zero attached hydrogens (tertiary/aromatic N) is 2. The van der Waals surface area contributed by atoms with Crippen molar-refractivity contribution in [3.05, 3.63) is 78.0 Å². The summed E-state index contributed by atoms with van der Waals surface area (Å²) in [6, 6.07) is 18.3. The fraction of sp³-hybridized carbons (Fsp3) is 0.261. The van der Waals surface area contributed by atoms with E-state index < -0.39 is 10.0 Å². The van der Waals surface area contributed by atoms with E-state index in [9.17, 15) is 8.42 Å². The third-order valence-corrected chi connectivity index (χ3v) is 6.76. The summed E-state index contributed by atoms with van der Waals surface area (Å²) >= 11 is 0. The molecule has 30 heavy (non-hydrogen) atoms. The number of aromatic nitrogens is 1. The summed E-state index contributed by atoms with van der Waals surface area (Å²) in [5.74, 6) is 1.38. The topological polar surface area (TPSA) is 71.5 Å². The van der Waals surface area contributed by atoms with Gasteiger partial charge in [-0.1, -0.05) is 35.9 Å². The van der Waals surface area contributed by atoms with Crippen LogP contribution in [0.4, 0.5) is 11.5 Å². The average molecular weight is 426 g/mol. The molecule has 0 bridgehead atoms. The van der Waals surface area contributed by atoms with E-state index >= 15 is 0 Å². The lowest BCUT2D eigenvalue weighted by molar-refractivity contribution is 0.408. The molecule has 0 spiro atoms. The molecule has 3 aromatic rings. The maximum Gasteiger partial charge on any atom is 0.265 e. The Kier molecular flexibility index (Phi) is 6.62. The molecular formula is C23H27N3O3S. The number of aryl methyl sites for hydroxylation is 1. The van der Waals surface area contributed by atoms with Gasteiger partial charge in [-0.2, -0.15) is 0 Å². The van der Waals surface area contributed by atoms with E-state index in [1.165, 1.54) is 10.5 Å². The van der Waals surface area contributed by atoms with Gasteiger partial charge in [-0.15, -0.1) is 0 Å². The summed E-state index contributed by atoms with van der Waals surface area (Å²) in [5, 5.41) is 3.31. The fourth-order valence-corrected chi connectivity index (χ4v) is 4.74. The van der Waals surface area contributed by atoms with Gasteiger partial charge >= 0.3 is 0 Å². The number of hydrogen-bond donors (Lipinski definition) is 1. The third-order valence-electron chi connectivity index (χ3n) is 4.87. The molecule has 0 aliphatic rings. The number of pyridine rings is 1. The van der Waals surface area contributed by atoms with Gasteiger partial charge in [0.15, 0.2) is 0 Å². The van der Waals surface area contributed by atoms with Crippen molar-refractivity contribution < 1.29 is 13.2 Å². The summed E-state index contributed by atoms with van der Waals surface area (Å²) in [7, 11) is -2.05. The first-order valence-electron chi connectivity index (χ1n) is 9.81. The van der Waals surface area contributed by atoms with Crippen molar-refractivity contribution in [1.29, 1.82) is 0 Å². The zero-order valence-electron chi connectivity index (χ0n) is 17.7. The maximum absolute atomic E-state index is 13.1. The smallest absolute Gasteiger partial charge is 0.265 e. The van der Waals surface area contributed by atoms with Gasteiger partial charge in [-0.3, -0.25) is 4.31 Å². The second-order valence-electron chi connectivity index (χ2n) is 7.00. The van der Waals surface area contributed by atoms with Gasteiger partial charge in [0.25, 0.3) is 10.0 Å². The van der Waals surface area contributed by atoms with Gasteiger partial charge in [0.2, 0.25) is 0 Å². The van der Waals surface area contributed by atoms with E-state index in [0.717, 1.165) is 16.9 Å². The molecular weight excluding hydrogens is 398 g/mol. The summed E-state index contributed by atoms with van der Waals surface area (Å²) in [6.07, 6.45) is 1.39. The Morgan fingerprint density at radius 2 is 1.83 bits per heavy atom. The highest BCUT2D eigenvalue weighted by molar-refractivity contribution is 7.92. The van der Waals surface area contributed by atoms with E-state index in [1.807, 2.05) is 51.1 Å². The molecule has 0 aliphatic heterocycles. The second-order valence-corrected chi connectivity index (χ2v) is 8.86. The van der Waals surface area contributed by atoms with Crippen LogP contribution in [0.3, 0.4) is 0 Å². The lowest BCUT2D eigenvalue weighted by Crippen LogP contribution is -2.30. The second kappa shape index (κ2) is 9.17. The fourth-order valence-electron chi connectivity index (χ4n) is 3.32. The first-order chi connectivity index (χ1) is 14.4. The Balaban J connectivity index is 1.82. The molecule has 0 aliphatic carbocycles. The van der Waals surface area contributed by atoms with E-state index in [-0.39, 0.29) is 10.9 Å². The van der Waals surface area contributed by atoms with Crippen LogP contribution in [0.5, 0.6) is 5.75 Å². The summed E-state index contributed by atoms with van der Waals surface area (Å²) in [6.45, 7) is 6.18. The van der Waals surface area contributed by atoms with Crippen molar-refractivity contribution in [2.75, 3.05) is 23.3 Å². The minimum Gasteiger partial charge on any atom is -0.496 e. The van der Waals surface area contributed by atoms with Gasteiger partial charge in [-0.05, 0) is 51.1 Å². The number of methoxy groups -OCH3 is 1. The molecule has 0 amide bonds. The van der Waals surface area contributed by atoms with Gasteiger partial charge in [0, 0.05) is 18.3 Å². The van der Waals surface area contributed by atoms with Crippen LogP contribution in [0.15, 0.2) is 71.8 Å². The number of benzene rings is 2. The van der Waals surface area contributed by atoms with Gasteiger partial charge in [0.1, 0.15) is 16.5 Å². The number of para-hydroxylation sites is 1. The molecule has 3 rings (SSSR count). The molecule has 1 atom stereocenters. The number of hydrogen-bond acceptors (Lipinski definition) is 5. The third kappa shape index (κ3) is 4.57. The van der Waals surface area contributed by atoms with E-state index in [2.05, 4.69) is 16.4 Å². The Hall–Kier alpha value is -3.06. The molecule has 2 aromatic carbocycles. The van der Waals surface area contributed by atoms with Gasteiger partial charge in [0.05, 0.1) is 18.8 Å². The molecule has 0 fully saturated rings. The van der Waals surface area contributed by atoms with Crippen molar-refractivity contribution in [3.63, 3.8) is 0 Å². The highest BCUT2D eigenvalue weighted by Gasteiger charge is 2.24. The zero-order valence-corrected chi connectivity index (χ0v) is 18.5. The van der Waals surface area contributed by atoms with Gasteiger partial charge < -0.3 is 10.1 Å². The zero-order chi connectivity index (χ0) is 21.7. The highest BCUT2D eigenvalue weighted by Crippen LogP contribution is 2.29. The van der Waals surface area contributed by atoms with Crippen molar-refractivity contribution in [2.45, 2.75) is 31.7 Å². The Morgan fingerprint density at radius 3 is 2.43 bits per heavy atom. The van der Waals surface area contributed by atoms with E-state index in [1.54, 1.807) is 31.4 Å². The summed E-state index contributed by atoms with van der Waals surface area (Å²) in [5.41, 5.74) is 2.77. The Labute approximate surface area is 178 Å². The predicted molar refractivity (Wildman–Crippen MR) is 121 cm³/mol. The molecule has 1 N–H and O–H groups in total. The molecule has 0 saturated heterocycles. The van der Waals surface area contributed by atoms with Crippen molar-refractivity contribution in [3.8, 4) is 5.75 Å². The lowest BCUT2D eigenvalue weighted by Gasteiger charge is -2.23. The molecule has 0 radical (unpaired) electrons. The maximum atomic E-state index is 13.1. The van der Waals surface area contributed by atoms with Crippen LogP contribution in [0, 0.1) is 6.92 Å². The van der Waals surface area contributed by atoms with Crippen LogP contribution in [0.25, 0.3) is 0 Å². The van der Waals surface area contributed by atoms with Crippen LogP contribution in [-0.2, 0) is 10.0 Å². The summed E-state index contributed by atoms with van der Waals surface area (Å²) < 4.78 is 33.0. The normalized spacial score (nSPS) is 12.3. The lowest BCUT2D eigenvalue weighted by atomic mass is 10.0. The highest BCUT2D eigenvalue weighted by atomic mass is 32.2. The Bertz CT molecular complexity index is 1080. The standard InChI is InChI=1S/C23H27N3O3S/c1-5-26(19-9-7-6-8-10-19)30(27,28)20-12-14-23(24-16-20)25-18(3)21-15-17(2)11-13-22(21)29-4/h6-16,18H,5H2,1-4H3,(H,24,25). The summed E-state index contributed by atoms with van der Waals surface area (Å²) in [4.78, 5) is 4.49. The number of anilines is 2. The SMILES string of the molecule is CCN(c1ccccc1)S(=O)(=O)c1ccc(NC(C)c2cc(C)ccc2OC)nc1. The van der Waals surface area contributed by atoms with Crippen LogP contribution in [0.2, 0.25) is 0 Å². The molecule has 6 nitrogen and oxygen atoms in total. The van der Waals surface area contributed by atoms with E-state index in [4.69, 9.17) is 4.74 Å². The first-order valence-corrected chi connectivity index (χ1v) is 11.3. The largest absolute Gasteiger partial charge is 0.496 e. The molecule has 7 heteroatoms.